The third-order valence-electron chi connectivity index (χ3n) is 5.22. The molecule has 1 rings (SSSR count). The molecule has 1 heterocycles. The second-order valence-corrected chi connectivity index (χ2v) is 7.98. The number of hydrogen-bond acceptors (Lipinski definition) is 2. The van der Waals surface area contributed by atoms with Gasteiger partial charge < -0.3 is 9.88 Å². The second kappa shape index (κ2) is 16.8. The van der Waals surface area contributed by atoms with Crippen LogP contribution in [0.1, 0.15) is 109 Å². The van der Waals surface area contributed by atoms with E-state index in [9.17, 15) is 4.79 Å². The van der Waals surface area contributed by atoms with Crippen LogP contribution in [0.5, 0.6) is 0 Å². The molecule has 0 saturated carbocycles. The summed E-state index contributed by atoms with van der Waals surface area (Å²) in [6, 6.07) is 0. The maximum absolute atomic E-state index is 11.8. The van der Waals surface area contributed by atoms with E-state index < -0.39 is 0 Å². The molecule has 0 saturated heterocycles. The van der Waals surface area contributed by atoms with E-state index in [0.717, 1.165) is 25.1 Å². The van der Waals surface area contributed by atoms with Gasteiger partial charge in [-0.3, -0.25) is 4.79 Å². The number of imidazole rings is 1. The summed E-state index contributed by atoms with van der Waals surface area (Å²) in [7, 11) is 1.95. The van der Waals surface area contributed by atoms with Gasteiger partial charge in [-0.25, -0.2) is 4.98 Å². The van der Waals surface area contributed by atoms with E-state index in [4.69, 9.17) is 0 Å². The van der Waals surface area contributed by atoms with Crippen LogP contribution >= 0.6 is 0 Å². The summed E-state index contributed by atoms with van der Waals surface area (Å²) in [4.78, 5) is 16.1. The Labute approximate surface area is 167 Å². The fraction of sp³-hybridized carbons (Fsp3) is 0.826. The Balaban J connectivity index is 1.76. The number of nitrogens with one attached hydrogen (secondary N) is 1. The standard InChI is InChI=1S/C23H43N3O/c1-3-4-5-6-7-8-9-10-11-12-13-14-15-16-19-24-23(27)18-17-22-20-26(2)21-25-22/h20-21H,3-19H2,1-2H3,(H,24,27). The molecule has 4 nitrogen and oxygen atoms in total. The van der Waals surface area contributed by atoms with Gasteiger partial charge in [0.15, 0.2) is 0 Å². The van der Waals surface area contributed by atoms with E-state index in [1.54, 1.807) is 6.33 Å². The number of aryl methyl sites for hydroxylation is 2. The summed E-state index contributed by atoms with van der Waals surface area (Å²) >= 11 is 0. The van der Waals surface area contributed by atoms with Crippen molar-refractivity contribution in [2.45, 2.75) is 110 Å². The van der Waals surface area contributed by atoms with E-state index >= 15 is 0 Å². The van der Waals surface area contributed by atoms with Crippen LogP contribution in [-0.2, 0) is 18.3 Å². The number of rotatable bonds is 18. The molecule has 0 aliphatic rings. The lowest BCUT2D eigenvalue weighted by atomic mass is 10.0. The van der Waals surface area contributed by atoms with Crippen molar-refractivity contribution in [3.8, 4) is 0 Å². The average molecular weight is 378 g/mol. The fourth-order valence-electron chi connectivity index (χ4n) is 3.47. The first-order valence-electron chi connectivity index (χ1n) is 11.5. The Bertz CT molecular complexity index is 470. The van der Waals surface area contributed by atoms with Crippen LogP contribution in [0, 0.1) is 0 Å². The van der Waals surface area contributed by atoms with Gasteiger partial charge in [0.05, 0.1) is 12.0 Å². The summed E-state index contributed by atoms with van der Waals surface area (Å²) in [5.74, 6) is 0.148. The fourth-order valence-corrected chi connectivity index (χ4v) is 3.47. The quantitative estimate of drug-likeness (QED) is 0.321. The molecule has 1 aromatic rings. The highest BCUT2D eigenvalue weighted by molar-refractivity contribution is 5.76. The maximum Gasteiger partial charge on any atom is 0.220 e. The molecule has 0 aliphatic heterocycles. The van der Waals surface area contributed by atoms with Gasteiger partial charge in [0.2, 0.25) is 5.91 Å². The van der Waals surface area contributed by atoms with E-state index in [2.05, 4.69) is 17.2 Å². The van der Waals surface area contributed by atoms with Crippen molar-refractivity contribution in [2.75, 3.05) is 6.54 Å². The molecule has 1 aromatic heterocycles. The first-order chi connectivity index (χ1) is 13.2. The van der Waals surface area contributed by atoms with Gasteiger partial charge in [-0.1, -0.05) is 90.4 Å². The third kappa shape index (κ3) is 14.4. The van der Waals surface area contributed by atoms with Gasteiger partial charge in [-0.2, -0.15) is 0 Å². The molecule has 27 heavy (non-hydrogen) atoms. The zero-order valence-electron chi connectivity index (χ0n) is 18.0. The van der Waals surface area contributed by atoms with E-state index in [1.807, 2.05) is 17.8 Å². The number of carbonyl (C=O) groups excluding carboxylic acids is 1. The van der Waals surface area contributed by atoms with Crippen molar-refractivity contribution in [1.82, 2.24) is 14.9 Å². The molecule has 0 radical (unpaired) electrons. The molecule has 0 bridgehead atoms. The van der Waals surface area contributed by atoms with Crippen LogP contribution in [-0.4, -0.2) is 22.0 Å². The summed E-state index contributed by atoms with van der Waals surface area (Å²) in [6.07, 6.45) is 24.1. The van der Waals surface area contributed by atoms with Gasteiger partial charge in [0.25, 0.3) is 0 Å². The highest BCUT2D eigenvalue weighted by Gasteiger charge is 2.03. The zero-order valence-corrected chi connectivity index (χ0v) is 18.0. The Kier molecular flexibility index (Phi) is 14.8. The van der Waals surface area contributed by atoms with Crippen molar-refractivity contribution in [1.29, 1.82) is 0 Å². The molecule has 1 amide bonds. The largest absolute Gasteiger partial charge is 0.356 e. The maximum atomic E-state index is 11.8. The van der Waals surface area contributed by atoms with Crippen LogP contribution in [0.15, 0.2) is 12.5 Å². The molecule has 0 unspecified atom stereocenters. The summed E-state index contributed by atoms with van der Waals surface area (Å²) in [5, 5.41) is 3.03. The molecule has 0 aromatic carbocycles. The van der Waals surface area contributed by atoms with Gasteiger partial charge >= 0.3 is 0 Å². The van der Waals surface area contributed by atoms with Crippen molar-refractivity contribution < 1.29 is 4.79 Å². The minimum absolute atomic E-state index is 0.148. The van der Waals surface area contributed by atoms with E-state index in [-0.39, 0.29) is 5.91 Å². The zero-order chi connectivity index (χ0) is 19.6. The summed E-state index contributed by atoms with van der Waals surface area (Å²) in [6.45, 7) is 3.10. The van der Waals surface area contributed by atoms with Crippen LogP contribution in [0.4, 0.5) is 0 Å². The highest BCUT2D eigenvalue weighted by atomic mass is 16.1. The van der Waals surface area contributed by atoms with Gasteiger partial charge in [0.1, 0.15) is 0 Å². The predicted octanol–water partition coefficient (Wildman–Crippen LogP) is 5.95. The minimum atomic E-state index is 0.148. The number of carbonyl (C=O) groups is 1. The average Bonchev–Trinajstić information content (AvgIpc) is 3.08. The van der Waals surface area contributed by atoms with E-state index in [1.165, 1.54) is 83.5 Å². The number of nitrogens with zero attached hydrogens (tertiary/aromatic N) is 2. The predicted molar refractivity (Wildman–Crippen MR) is 115 cm³/mol. The minimum Gasteiger partial charge on any atom is -0.356 e. The number of hydrogen-bond donors (Lipinski definition) is 1. The normalized spacial score (nSPS) is 11.0. The van der Waals surface area contributed by atoms with Crippen LogP contribution in [0.3, 0.4) is 0 Å². The van der Waals surface area contributed by atoms with Crippen molar-refractivity contribution in [3.63, 3.8) is 0 Å². The monoisotopic (exact) mass is 377 g/mol. The first kappa shape index (κ1) is 23.7. The Morgan fingerprint density at radius 1 is 0.889 bits per heavy atom. The Morgan fingerprint density at radius 2 is 1.41 bits per heavy atom. The number of aromatic nitrogens is 2. The van der Waals surface area contributed by atoms with Crippen molar-refractivity contribution in [2.24, 2.45) is 7.05 Å². The summed E-state index contributed by atoms with van der Waals surface area (Å²) < 4.78 is 1.92. The second-order valence-electron chi connectivity index (χ2n) is 7.98. The number of unbranched alkanes of at least 4 members (excludes halogenated alkanes) is 13. The van der Waals surface area contributed by atoms with Crippen LogP contribution in [0.2, 0.25) is 0 Å². The smallest absolute Gasteiger partial charge is 0.220 e. The van der Waals surface area contributed by atoms with E-state index in [0.29, 0.717) is 6.42 Å². The molecule has 0 atom stereocenters. The highest BCUT2D eigenvalue weighted by Crippen LogP contribution is 2.12. The Hall–Kier alpha value is -1.32. The molecule has 4 heteroatoms. The van der Waals surface area contributed by atoms with Crippen LogP contribution < -0.4 is 5.32 Å². The first-order valence-corrected chi connectivity index (χ1v) is 11.5. The van der Waals surface area contributed by atoms with Gasteiger partial charge in [0, 0.05) is 26.2 Å². The molecule has 1 N–H and O–H groups in total. The molecular formula is C23H43N3O. The lowest BCUT2D eigenvalue weighted by molar-refractivity contribution is -0.121. The third-order valence-corrected chi connectivity index (χ3v) is 5.22. The molecule has 0 aliphatic carbocycles. The van der Waals surface area contributed by atoms with Crippen molar-refractivity contribution in [3.05, 3.63) is 18.2 Å². The molecular weight excluding hydrogens is 334 g/mol. The number of amides is 1. The SMILES string of the molecule is CCCCCCCCCCCCCCCCNC(=O)CCc1cn(C)cn1. The van der Waals surface area contributed by atoms with Crippen LogP contribution in [0.25, 0.3) is 0 Å². The summed E-state index contributed by atoms with van der Waals surface area (Å²) in [5.41, 5.74) is 0.990. The lowest BCUT2D eigenvalue weighted by Gasteiger charge is -2.05. The topological polar surface area (TPSA) is 46.9 Å². The molecule has 0 fully saturated rings. The lowest BCUT2D eigenvalue weighted by Crippen LogP contribution is -2.24. The van der Waals surface area contributed by atoms with Crippen molar-refractivity contribution >= 4 is 5.91 Å². The van der Waals surface area contributed by atoms with Gasteiger partial charge in [-0.15, -0.1) is 0 Å². The molecule has 156 valence electrons. The molecule has 0 spiro atoms. The Morgan fingerprint density at radius 3 is 1.89 bits per heavy atom. The van der Waals surface area contributed by atoms with Gasteiger partial charge in [-0.05, 0) is 12.8 Å².